The molecule has 2 rings (SSSR count). The average Bonchev–Trinajstić information content (AvgIpc) is 2.66. The van der Waals surface area contributed by atoms with E-state index < -0.39 is 0 Å². The molecule has 4 heteroatoms. The molecule has 1 fully saturated rings. The first-order chi connectivity index (χ1) is 12.3. The first-order valence-electron chi connectivity index (χ1n) is 9.35. The van der Waals surface area contributed by atoms with Gasteiger partial charge in [0.15, 0.2) is 0 Å². The van der Waals surface area contributed by atoms with Crippen molar-refractivity contribution in [1.29, 1.82) is 0 Å². The van der Waals surface area contributed by atoms with E-state index >= 15 is 0 Å². The summed E-state index contributed by atoms with van der Waals surface area (Å²) in [6.07, 6.45) is 9.86. The first kappa shape index (κ1) is 19.5. The summed E-state index contributed by atoms with van der Waals surface area (Å²) < 4.78 is 5.32. The van der Waals surface area contributed by atoms with E-state index in [4.69, 9.17) is 11.2 Å². The van der Waals surface area contributed by atoms with Crippen molar-refractivity contribution in [2.45, 2.75) is 38.7 Å². The van der Waals surface area contributed by atoms with Crippen LogP contribution in [-0.4, -0.2) is 55.0 Å². The third-order valence-corrected chi connectivity index (χ3v) is 4.61. The van der Waals surface area contributed by atoms with Crippen LogP contribution in [0.25, 0.3) is 0 Å². The fraction of sp³-hybridized carbons (Fsp3) is 0.571. The number of hydrogen-bond donors (Lipinski definition) is 0. The number of carbonyl (C=O) groups is 1. The monoisotopic (exact) mass is 342 g/mol. The molecule has 0 aliphatic carbocycles. The maximum absolute atomic E-state index is 11.8. The molecule has 136 valence electrons. The molecule has 1 aliphatic heterocycles. The van der Waals surface area contributed by atoms with Crippen molar-refractivity contribution >= 4 is 5.97 Å². The summed E-state index contributed by atoms with van der Waals surface area (Å²) in [5.41, 5.74) is 1.04. The largest absolute Gasteiger partial charge is 0.461 e. The molecule has 1 aliphatic rings. The third-order valence-electron chi connectivity index (χ3n) is 4.61. The Morgan fingerprint density at radius 2 is 1.64 bits per heavy atom. The molecule has 1 aromatic carbocycles. The minimum Gasteiger partial charge on any atom is -0.461 e. The van der Waals surface area contributed by atoms with E-state index in [1.165, 1.54) is 6.42 Å². The van der Waals surface area contributed by atoms with Crippen molar-refractivity contribution in [3.05, 3.63) is 35.9 Å². The van der Waals surface area contributed by atoms with Gasteiger partial charge in [-0.15, -0.1) is 12.3 Å². The van der Waals surface area contributed by atoms with Gasteiger partial charge in [0.1, 0.15) is 6.61 Å². The molecule has 0 saturated carbocycles. The minimum absolute atomic E-state index is 0.101. The SMILES string of the molecule is C#CCCCCN1CCN(CCCC(=O)OCc2ccccc2)CC1. The molecule has 0 unspecified atom stereocenters. The number of ether oxygens (including phenoxy) is 1. The Morgan fingerprint density at radius 3 is 2.28 bits per heavy atom. The zero-order valence-corrected chi connectivity index (χ0v) is 15.2. The summed E-state index contributed by atoms with van der Waals surface area (Å²) in [4.78, 5) is 16.8. The summed E-state index contributed by atoms with van der Waals surface area (Å²) in [6.45, 7) is 6.93. The number of piperazine rings is 1. The molecule has 0 amide bonds. The molecule has 4 nitrogen and oxygen atoms in total. The Balaban J connectivity index is 1.50. The zero-order valence-electron chi connectivity index (χ0n) is 15.2. The lowest BCUT2D eigenvalue weighted by molar-refractivity contribution is -0.145. The quantitative estimate of drug-likeness (QED) is 0.372. The van der Waals surface area contributed by atoms with Crippen LogP contribution in [0, 0.1) is 12.3 Å². The molecule has 0 spiro atoms. The van der Waals surface area contributed by atoms with Gasteiger partial charge in [-0.3, -0.25) is 4.79 Å². The highest BCUT2D eigenvalue weighted by Crippen LogP contribution is 2.07. The van der Waals surface area contributed by atoms with E-state index in [1.54, 1.807) is 0 Å². The molecule has 1 heterocycles. The summed E-state index contributed by atoms with van der Waals surface area (Å²) in [5, 5.41) is 0. The van der Waals surface area contributed by atoms with Crippen LogP contribution >= 0.6 is 0 Å². The summed E-state index contributed by atoms with van der Waals surface area (Å²) >= 11 is 0. The van der Waals surface area contributed by atoms with E-state index in [0.717, 1.165) is 64.1 Å². The van der Waals surface area contributed by atoms with E-state index in [2.05, 4.69) is 15.7 Å². The Morgan fingerprint density at radius 1 is 1.00 bits per heavy atom. The number of terminal acetylenes is 1. The maximum Gasteiger partial charge on any atom is 0.306 e. The van der Waals surface area contributed by atoms with Gasteiger partial charge < -0.3 is 14.5 Å². The highest BCUT2D eigenvalue weighted by Gasteiger charge is 2.16. The van der Waals surface area contributed by atoms with Crippen molar-refractivity contribution in [1.82, 2.24) is 9.80 Å². The highest BCUT2D eigenvalue weighted by atomic mass is 16.5. The van der Waals surface area contributed by atoms with Gasteiger partial charge >= 0.3 is 5.97 Å². The number of rotatable bonds is 10. The standard InChI is InChI=1S/C21H30N2O2/c1-2-3-4-8-13-22-15-17-23(18-16-22)14-9-12-21(24)25-19-20-10-6-5-7-11-20/h1,5-7,10-11H,3-4,8-9,12-19H2. The second-order valence-electron chi connectivity index (χ2n) is 6.59. The van der Waals surface area contributed by atoms with Crippen LogP contribution in [0.2, 0.25) is 0 Å². The summed E-state index contributed by atoms with van der Waals surface area (Å²) in [5.74, 6) is 2.60. The van der Waals surface area contributed by atoms with Crippen molar-refractivity contribution in [2.75, 3.05) is 39.3 Å². The summed E-state index contributed by atoms with van der Waals surface area (Å²) in [6, 6.07) is 9.82. The first-order valence-corrected chi connectivity index (χ1v) is 9.35. The van der Waals surface area contributed by atoms with Crippen molar-refractivity contribution in [2.24, 2.45) is 0 Å². The van der Waals surface area contributed by atoms with Gasteiger partial charge in [0.2, 0.25) is 0 Å². The predicted molar refractivity (Wildman–Crippen MR) is 101 cm³/mol. The number of hydrogen-bond acceptors (Lipinski definition) is 4. The zero-order chi connectivity index (χ0) is 17.7. The topological polar surface area (TPSA) is 32.8 Å². The maximum atomic E-state index is 11.8. The number of esters is 1. The van der Waals surface area contributed by atoms with Gasteiger partial charge in [-0.1, -0.05) is 30.3 Å². The molecule has 0 atom stereocenters. The molecule has 0 aromatic heterocycles. The normalized spacial score (nSPS) is 15.6. The van der Waals surface area contributed by atoms with Crippen LogP contribution in [-0.2, 0) is 16.1 Å². The van der Waals surface area contributed by atoms with Crippen molar-refractivity contribution < 1.29 is 9.53 Å². The fourth-order valence-electron chi connectivity index (χ4n) is 3.06. The van der Waals surface area contributed by atoms with E-state index in [-0.39, 0.29) is 5.97 Å². The number of benzene rings is 1. The molecule has 0 radical (unpaired) electrons. The minimum atomic E-state index is -0.101. The highest BCUT2D eigenvalue weighted by molar-refractivity contribution is 5.69. The average molecular weight is 342 g/mol. The van der Waals surface area contributed by atoms with Gasteiger partial charge in [-0.2, -0.15) is 0 Å². The molecule has 0 N–H and O–H groups in total. The van der Waals surface area contributed by atoms with Crippen LogP contribution < -0.4 is 0 Å². The van der Waals surface area contributed by atoms with Gasteiger partial charge in [0, 0.05) is 39.0 Å². The Hall–Kier alpha value is -1.83. The molecule has 0 bridgehead atoms. The third kappa shape index (κ3) is 8.20. The second-order valence-corrected chi connectivity index (χ2v) is 6.59. The number of nitrogens with zero attached hydrogens (tertiary/aromatic N) is 2. The smallest absolute Gasteiger partial charge is 0.306 e. The second kappa shape index (κ2) is 11.7. The van der Waals surface area contributed by atoms with E-state index in [0.29, 0.717) is 13.0 Å². The number of unbranched alkanes of at least 4 members (excludes halogenated alkanes) is 2. The fourth-order valence-corrected chi connectivity index (χ4v) is 3.06. The van der Waals surface area contributed by atoms with Gasteiger partial charge in [0.25, 0.3) is 0 Å². The summed E-state index contributed by atoms with van der Waals surface area (Å²) in [7, 11) is 0. The lowest BCUT2D eigenvalue weighted by atomic mass is 10.2. The van der Waals surface area contributed by atoms with Crippen LogP contribution in [0.15, 0.2) is 30.3 Å². The Labute approximate surface area is 152 Å². The van der Waals surface area contributed by atoms with Gasteiger partial charge in [-0.25, -0.2) is 0 Å². The van der Waals surface area contributed by atoms with Gasteiger partial charge in [0.05, 0.1) is 0 Å². The molecular formula is C21H30N2O2. The molecular weight excluding hydrogens is 312 g/mol. The number of carbonyl (C=O) groups excluding carboxylic acids is 1. The van der Waals surface area contributed by atoms with Crippen LogP contribution in [0.3, 0.4) is 0 Å². The Kier molecular flexibility index (Phi) is 9.11. The van der Waals surface area contributed by atoms with Crippen LogP contribution in [0.5, 0.6) is 0 Å². The van der Waals surface area contributed by atoms with E-state index in [9.17, 15) is 4.79 Å². The lowest BCUT2D eigenvalue weighted by Gasteiger charge is -2.34. The lowest BCUT2D eigenvalue weighted by Crippen LogP contribution is -2.46. The van der Waals surface area contributed by atoms with E-state index in [1.807, 2.05) is 30.3 Å². The van der Waals surface area contributed by atoms with Gasteiger partial charge in [-0.05, 0) is 37.9 Å². The van der Waals surface area contributed by atoms with Crippen molar-refractivity contribution in [3.8, 4) is 12.3 Å². The van der Waals surface area contributed by atoms with Crippen molar-refractivity contribution in [3.63, 3.8) is 0 Å². The predicted octanol–water partition coefficient (Wildman–Crippen LogP) is 2.93. The van der Waals surface area contributed by atoms with Crippen LogP contribution in [0.1, 0.15) is 37.7 Å². The molecule has 1 saturated heterocycles. The molecule has 1 aromatic rings. The van der Waals surface area contributed by atoms with Crippen LogP contribution in [0.4, 0.5) is 0 Å². The Bertz CT molecular complexity index is 531. The molecule has 25 heavy (non-hydrogen) atoms.